The van der Waals surface area contributed by atoms with E-state index in [4.69, 9.17) is 4.74 Å². The third-order valence-corrected chi connectivity index (χ3v) is 2.96. The molecule has 0 aliphatic heterocycles. The number of nitrogens with one attached hydrogen (secondary N) is 2. The Bertz CT molecular complexity index is 488. The largest absolute Gasteiger partial charge is 0.495 e. The van der Waals surface area contributed by atoms with Crippen LogP contribution in [-0.2, 0) is 6.42 Å². The second-order valence-electron chi connectivity index (χ2n) is 3.96. The quantitative estimate of drug-likeness (QED) is 0.826. The number of aromatic nitrogens is 1. The highest BCUT2D eigenvalue weighted by Crippen LogP contribution is 2.29. The van der Waals surface area contributed by atoms with Gasteiger partial charge in [0.15, 0.2) is 0 Å². The molecule has 1 aromatic carbocycles. The van der Waals surface area contributed by atoms with Crippen molar-refractivity contribution in [2.75, 3.05) is 20.7 Å². The fraction of sp³-hybridized carbons (Fsp3) is 0.385. The lowest BCUT2D eigenvalue weighted by atomic mass is 10.1. The third kappa shape index (κ3) is 1.78. The molecule has 0 aliphatic carbocycles. The number of rotatable bonds is 4. The molecular formula is C13H18N2O. The van der Waals surface area contributed by atoms with E-state index < -0.39 is 0 Å². The maximum Gasteiger partial charge on any atom is 0.142 e. The molecule has 0 saturated carbocycles. The molecule has 2 N–H and O–H groups in total. The van der Waals surface area contributed by atoms with Crippen molar-refractivity contribution >= 4 is 10.9 Å². The van der Waals surface area contributed by atoms with Gasteiger partial charge in [-0.25, -0.2) is 0 Å². The van der Waals surface area contributed by atoms with Crippen molar-refractivity contribution in [2.24, 2.45) is 0 Å². The van der Waals surface area contributed by atoms with Crippen molar-refractivity contribution < 1.29 is 4.74 Å². The fourth-order valence-corrected chi connectivity index (χ4v) is 2.12. The summed E-state index contributed by atoms with van der Waals surface area (Å²) in [4.78, 5) is 3.40. The van der Waals surface area contributed by atoms with Crippen LogP contribution in [0.25, 0.3) is 10.9 Å². The number of para-hydroxylation sites is 1. The normalized spacial score (nSPS) is 10.9. The lowest BCUT2D eigenvalue weighted by Crippen LogP contribution is -2.10. The molecule has 3 nitrogen and oxygen atoms in total. The summed E-state index contributed by atoms with van der Waals surface area (Å²) in [5.41, 5.74) is 3.71. The molecular weight excluding hydrogens is 200 g/mol. The zero-order valence-electron chi connectivity index (χ0n) is 10.1. The highest BCUT2D eigenvalue weighted by atomic mass is 16.5. The van der Waals surface area contributed by atoms with Gasteiger partial charge in [-0.15, -0.1) is 0 Å². The van der Waals surface area contributed by atoms with Gasteiger partial charge in [0.2, 0.25) is 0 Å². The zero-order valence-corrected chi connectivity index (χ0v) is 10.1. The molecule has 0 amide bonds. The maximum absolute atomic E-state index is 5.35. The van der Waals surface area contributed by atoms with Crippen molar-refractivity contribution in [3.8, 4) is 5.75 Å². The van der Waals surface area contributed by atoms with Gasteiger partial charge in [0.1, 0.15) is 5.75 Å². The van der Waals surface area contributed by atoms with E-state index in [1.54, 1.807) is 7.11 Å². The van der Waals surface area contributed by atoms with E-state index in [-0.39, 0.29) is 0 Å². The maximum atomic E-state index is 5.35. The highest BCUT2D eigenvalue weighted by Gasteiger charge is 2.10. The van der Waals surface area contributed by atoms with Crippen LogP contribution in [0.1, 0.15) is 11.3 Å². The molecule has 0 radical (unpaired) electrons. The SMILES string of the molecule is CNCCc1c(C)[nH]c2c(OC)cccc12. The van der Waals surface area contributed by atoms with Crippen LogP contribution in [0, 0.1) is 6.92 Å². The van der Waals surface area contributed by atoms with Crippen molar-refractivity contribution in [1.29, 1.82) is 0 Å². The Kier molecular flexibility index (Phi) is 3.15. The van der Waals surface area contributed by atoms with E-state index in [1.807, 2.05) is 19.2 Å². The average Bonchev–Trinajstić information content (AvgIpc) is 2.62. The van der Waals surface area contributed by atoms with Crippen molar-refractivity contribution in [3.05, 3.63) is 29.5 Å². The molecule has 2 rings (SSSR count). The number of aromatic amines is 1. The van der Waals surface area contributed by atoms with E-state index in [1.165, 1.54) is 16.6 Å². The fourth-order valence-electron chi connectivity index (χ4n) is 2.12. The average molecular weight is 218 g/mol. The predicted molar refractivity (Wildman–Crippen MR) is 67.2 cm³/mol. The number of benzene rings is 1. The van der Waals surface area contributed by atoms with Gasteiger partial charge in [-0.2, -0.15) is 0 Å². The second-order valence-corrected chi connectivity index (χ2v) is 3.96. The molecule has 0 saturated heterocycles. The summed E-state index contributed by atoms with van der Waals surface area (Å²) in [5, 5.41) is 4.45. The van der Waals surface area contributed by atoms with E-state index >= 15 is 0 Å². The minimum Gasteiger partial charge on any atom is -0.495 e. The first-order valence-electron chi connectivity index (χ1n) is 5.56. The van der Waals surface area contributed by atoms with Crippen molar-refractivity contribution in [3.63, 3.8) is 0 Å². The lowest BCUT2D eigenvalue weighted by Gasteiger charge is -2.02. The number of hydrogen-bond acceptors (Lipinski definition) is 2. The molecule has 1 heterocycles. The minimum absolute atomic E-state index is 0.913. The van der Waals surface area contributed by atoms with Crippen LogP contribution in [-0.4, -0.2) is 25.7 Å². The summed E-state index contributed by atoms with van der Waals surface area (Å²) < 4.78 is 5.35. The van der Waals surface area contributed by atoms with Crippen molar-refractivity contribution in [2.45, 2.75) is 13.3 Å². The number of ether oxygens (including phenoxy) is 1. The Morgan fingerprint density at radius 2 is 2.19 bits per heavy atom. The van der Waals surface area contributed by atoms with Gasteiger partial charge in [0.05, 0.1) is 12.6 Å². The first-order valence-corrected chi connectivity index (χ1v) is 5.56. The van der Waals surface area contributed by atoms with Crippen LogP contribution in [0.3, 0.4) is 0 Å². The predicted octanol–water partition coefficient (Wildman–Crippen LogP) is 2.25. The molecule has 3 heteroatoms. The smallest absolute Gasteiger partial charge is 0.142 e. The van der Waals surface area contributed by atoms with Crippen molar-refractivity contribution in [1.82, 2.24) is 10.3 Å². The van der Waals surface area contributed by atoms with Crippen LogP contribution in [0.4, 0.5) is 0 Å². The van der Waals surface area contributed by atoms with E-state index in [2.05, 4.69) is 23.3 Å². The summed E-state index contributed by atoms with van der Waals surface area (Å²) in [5.74, 6) is 0.913. The molecule has 2 aromatic rings. The number of likely N-dealkylation sites (N-methyl/N-ethyl adjacent to an activating group) is 1. The second kappa shape index (κ2) is 4.58. The molecule has 0 atom stereocenters. The zero-order chi connectivity index (χ0) is 11.5. The number of H-pyrrole nitrogens is 1. The summed E-state index contributed by atoms with van der Waals surface area (Å²) in [6, 6.07) is 6.17. The highest BCUT2D eigenvalue weighted by molar-refractivity contribution is 5.89. The summed E-state index contributed by atoms with van der Waals surface area (Å²) in [6.07, 6.45) is 1.04. The summed E-state index contributed by atoms with van der Waals surface area (Å²) in [6.45, 7) is 3.11. The molecule has 86 valence electrons. The molecule has 0 spiro atoms. The summed E-state index contributed by atoms with van der Waals surface area (Å²) in [7, 11) is 3.68. The Hall–Kier alpha value is -1.48. The Balaban J connectivity index is 2.52. The van der Waals surface area contributed by atoms with Gasteiger partial charge in [-0.05, 0) is 38.6 Å². The van der Waals surface area contributed by atoms with Crippen LogP contribution in [0.5, 0.6) is 5.75 Å². The lowest BCUT2D eigenvalue weighted by molar-refractivity contribution is 0.419. The molecule has 0 unspecified atom stereocenters. The molecule has 0 aliphatic rings. The van der Waals surface area contributed by atoms with E-state index in [0.717, 1.165) is 24.2 Å². The first kappa shape index (κ1) is 11.0. The van der Waals surface area contributed by atoms with Crippen LogP contribution >= 0.6 is 0 Å². The minimum atomic E-state index is 0.913. The number of hydrogen-bond donors (Lipinski definition) is 2. The topological polar surface area (TPSA) is 37.0 Å². The Morgan fingerprint density at radius 3 is 2.88 bits per heavy atom. The van der Waals surface area contributed by atoms with Gasteiger partial charge < -0.3 is 15.0 Å². The van der Waals surface area contributed by atoms with E-state index in [0.29, 0.717) is 0 Å². The monoisotopic (exact) mass is 218 g/mol. The van der Waals surface area contributed by atoms with Crippen LogP contribution in [0.2, 0.25) is 0 Å². The third-order valence-electron chi connectivity index (χ3n) is 2.96. The van der Waals surface area contributed by atoms with E-state index in [9.17, 15) is 0 Å². The Morgan fingerprint density at radius 1 is 1.38 bits per heavy atom. The van der Waals surface area contributed by atoms with Crippen LogP contribution in [0.15, 0.2) is 18.2 Å². The van der Waals surface area contributed by atoms with Gasteiger partial charge in [0.25, 0.3) is 0 Å². The van der Waals surface area contributed by atoms with Gasteiger partial charge >= 0.3 is 0 Å². The van der Waals surface area contributed by atoms with Gasteiger partial charge in [-0.1, -0.05) is 12.1 Å². The van der Waals surface area contributed by atoms with Gasteiger partial charge in [-0.3, -0.25) is 0 Å². The molecule has 0 fully saturated rings. The molecule has 0 bridgehead atoms. The van der Waals surface area contributed by atoms with Crippen LogP contribution < -0.4 is 10.1 Å². The standard InChI is InChI=1S/C13H18N2O/c1-9-10(7-8-14-2)11-5-4-6-12(16-3)13(11)15-9/h4-6,14-15H,7-8H2,1-3H3. The number of fused-ring (bicyclic) bond motifs is 1. The first-order chi connectivity index (χ1) is 7.77. The summed E-state index contributed by atoms with van der Waals surface area (Å²) >= 11 is 0. The van der Waals surface area contributed by atoms with Gasteiger partial charge in [0, 0.05) is 11.1 Å². The molecule has 16 heavy (non-hydrogen) atoms. The Labute approximate surface area is 95.8 Å². The molecule has 1 aromatic heterocycles. The number of methoxy groups -OCH3 is 1. The number of aryl methyl sites for hydroxylation is 1.